The normalized spacial score (nSPS) is 20.5. The Bertz CT molecular complexity index is 631. The van der Waals surface area contributed by atoms with Crippen LogP contribution in [0, 0.1) is 5.92 Å². The monoisotopic (exact) mass is 352 g/mol. The van der Waals surface area contributed by atoms with Crippen LogP contribution in [-0.2, 0) is 14.8 Å². The van der Waals surface area contributed by atoms with Gasteiger partial charge in [-0.3, -0.25) is 4.79 Å². The van der Waals surface area contributed by atoms with Crippen LogP contribution in [0.1, 0.15) is 44.6 Å². The number of rotatable bonds is 7. The van der Waals surface area contributed by atoms with Crippen molar-refractivity contribution in [1.29, 1.82) is 0 Å². The van der Waals surface area contributed by atoms with E-state index in [-0.39, 0.29) is 23.5 Å². The summed E-state index contributed by atoms with van der Waals surface area (Å²) in [5.41, 5.74) is 1.19. The highest BCUT2D eigenvalue weighted by Gasteiger charge is 2.31. The zero-order valence-electron chi connectivity index (χ0n) is 14.6. The Balaban J connectivity index is 1.88. The van der Waals surface area contributed by atoms with E-state index in [1.54, 1.807) is 0 Å². The van der Waals surface area contributed by atoms with Crippen LogP contribution in [0.5, 0.6) is 0 Å². The van der Waals surface area contributed by atoms with Crippen molar-refractivity contribution in [3.8, 4) is 0 Å². The molecule has 5 nitrogen and oxygen atoms in total. The molecule has 0 saturated carbocycles. The zero-order chi connectivity index (χ0) is 17.6. The molecule has 0 aliphatic carbocycles. The second kappa shape index (κ2) is 8.62. The van der Waals surface area contributed by atoms with Gasteiger partial charge in [-0.1, -0.05) is 44.2 Å². The van der Waals surface area contributed by atoms with E-state index in [0.717, 1.165) is 12.8 Å². The number of piperidine rings is 1. The molecule has 1 aliphatic heterocycles. The van der Waals surface area contributed by atoms with Crippen molar-refractivity contribution < 1.29 is 13.2 Å². The summed E-state index contributed by atoms with van der Waals surface area (Å²) in [6.07, 6.45) is 2.10. The van der Waals surface area contributed by atoms with Crippen molar-refractivity contribution in [2.75, 3.05) is 25.4 Å². The van der Waals surface area contributed by atoms with Gasteiger partial charge in [-0.25, -0.2) is 12.7 Å². The van der Waals surface area contributed by atoms with Crippen LogP contribution in [0.2, 0.25) is 0 Å². The highest BCUT2D eigenvalue weighted by molar-refractivity contribution is 7.89. The molecule has 0 unspecified atom stereocenters. The molecule has 0 aromatic heterocycles. The van der Waals surface area contributed by atoms with Crippen LogP contribution in [0.3, 0.4) is 0 Å². The van der Waals surface area contributed by atoms with E-state index >= 15 is 0 Å². The van der Waals surface area contributed by atoms with E-state index in [9.17, 15) is 13.2 Å². The van der Waals surface area contributed by atoms with Crippen LogP contribution < -0.4 is 5.32 Å². The van der Waals surface area contributed by atoms with Gasteiger partial charge in [-0.15, -0.1) is 0 Å². The van der Waals surface area contributed by atoms with E-state index in [4.69, 9.17) is 0 Å². The van der Waals surface area contributed by atoms with Crippen LogP contribution in [-0.4, -0.2) is 44.0 Å². The van der Waals surface area contributed by atoms with E-state index in [1.165, 1.54) is 9.87 Å². The number of nitrogens with one attached hydrogen (secondary N) is 1. The first kappa shape index (κ1) is 18.9. The fraction of sp³-hybridized carbons (Fsp3) is 0.611. The van der Waals surface area contributed by atoms with Gasteiger partial charge in [0.05, 0.1) is 11.7 Å². The average Bonchev–Trinajstić information content (AvgIpc) is 2.60. The lowest BCUT2D eigenvalue weighted by Crippen LogP contribution is -2.46. The Labute approximate surface area is 145 Å². The Morgan fingerprint density at radius 1 is 1.33 bits per heavy atom. The number of carbonyl (C=O) groups excluding carboxylic acids is 1. The molecule has 0 bridgehead atoms. The van der Waals surface area contributed by atoms with E-state index < -0.39 is 10.0 Å². The van der Waals surface area contributed by atoms with Gasteiger partial charge in [0.1, 0.15) is 0 Å². The second-order valence-electron chi connectivity index (χ2n) is 6.57. The Morgan fingerprint density at radius 2 is 2.04 bits per heavy atom. The van der Waals surface area contributed by atoms with Crippen molar-refractivity contribution >= 4 is 15.9 Å². The van der Waals surface area contributed by atoms with Gasteiger partial charge < -0.3 is 5.32 Å². The first-order chi connectivity index (χ1) is 11.4. The number of sulfonamides is 1. The first-order valence-electron chi connectivity index (χ1n) is 8.74. The minimum Gasteiger partial charge on any atom is -0.355 e. The highest BCUT2D eigenvalue weighted by atomic mass is 32.2. The summed E-state index contributed by atoms with van der Waals surface area (Å²) in [4.78, 5) is 12.4. The summed E-state index contributed by atoms with van der Waals surface area (Å²) in [6.45, 7) is 5.35. The molecule has 2 atom stereocenters. The predicted octanol–water partition coefficient (Wildman–Crippen LogP) is 2.36. The van der Waals surface area contributed by atoms with Gasteiger partial charge >= 0.3 is 0 Å². The summed E-state index contributed by atoms with van der Waals surface area (Å²) >= 11 is 0. The van der Waals surface area contributed by atoms with Crippen molar-refractivity contribution in [2.45, 2.75) is 39.0 Å². The van der Waals surface area contributed by atoms with Gasteiger partial charge in [0.2, 0.25) is 15.9 Å². The summed E-state index contributed by atoms with van der Waals surface area (Å²) in [7, 11) is -3.22. The Hall–Kier alpha value is -1.40. The molecular weight excluding hydrogens is 324 g/mol. The third-order valence-electron chi connectivity index (χ3n) is 4.56. The molecule has 0 spiro atoms. The summed E-state index contributed by atoms with van der Waals surface area (Å²) in [6, 6.07) is 10.1. The number of nitrogens with zero attached hydrogens (tertiary/aromatic N) is 1. The second-order valence-corrected chi connectivity index (χ2v) is 8.66. The summed E-state index contributed by atoms with van der Waals surface area (Å²) < 4.78 is 25.9. The summed E-state index contributed by atoms with van der Waals surface area (Å²) in [5.74, 6) is 0.119. The molecule has 1 N–H and O–H groups in total. The molecule has 24 heavy (non-hydrogen) atoms. The first-order valence-corrected chi connectivity index (χ1v) is 10.4. The van der Waals surface area contributed by atoms with Gasteiger partial charge in [0, 0.05) is 19.6 Å². The van der Waals surface area contributed by atoms with Crippen molar-refractivity contribution in [1.82, 2.24) is 9.62 Å². The molecular formula is C18H28N2O3S. The number of hydrogen-bond donors (Lipinski definition) is 1. The zero-order valence-corrected chi connectivity index (χ0v) is 15.4. The molecule has 6 heteroatoms. The third kappa shape index (κ3) is 5.05. The molecule has 1 amide bonds. The van der Waals surface area contributed by atoms with Crippen LogP contribution in [0.15, 0.2) is 30.3 Å². The molecule has 1 saturated heterocycles. The fourth-order valence-corrected chi connectivity index (χ4v) is 4.68. The maximum absolute atomic E-state index is 12.4. The molecule has 1 fully saturated rings. The van der Waals surface area contributed by atoms with Gasteiger partial charge in [0.25, 0.3) is 0 Å². The maximum atomic E-state index is 12.4. The molecule has 1 aliphatic rings. The predicted molar refractivity (Wildman–Crippen MR) is 96.2 cm³/mol. The molecule has 1 heterocycles. The number of amides is 1. The van der Waals surface area contributed by atoms with Crippen LogP contribution >= 0.6 is 0 Å². The topological polar surface area (TPSA) is 66.5 Å². The molecule has 1 aromatic rings. The lowest BCUT2D eigenvalue weighted by Gasteiger charge is -2.31. The Kier molecular flexibility index (Phi) is 6.80. The average molecular weight is 353 g/mol. The molecule has 1 aromatic carbocycles. The van der Waals surface area contributed by atoms with Gasteiger partial charge in [-0.2, -0.15) is 0 Å². The van der Waals surface area contributed by atoms with Crippen LogP contribution in [0.25, 0.3) is 0 Å². The standard InChI is InChI=1S/C18H28N2O3S/c1-3-12-24(22,23)20-11-7-10-17(14-20)18(21)19-13-15(2)16-8-5-4-6-9-16/h4-6,8-9,15,17H,3,7,10-14H2,1-2H3,(H,19,21)/t15-,17+/m0/s1. The largest absolute Gasteiger partial charge is 0.355 e. The quantitative estimate of drug-likeness (QED) is 0.819. The number of benzene rings is 1. The lowest BCUT2D eigenvalue weighted by molar-refractivity contribution is -0.126. The van der Waals surface area contributed by atoms with Crippen molar-refractivity contribution in [3.63, 3.8) is 0 Å². The maximum Gasteiger partial charge on any atom is 0.224 e. The third-order valence-corrected chi connectivity index (χ3v) is 6.60. The molecule has 2 rings (SSSR count). The van der Waals surface area contributed by atoms with Gasteiger partial charge in [0.15, 0.2) is 0 Å². The molecule has 134 valence electrons. The Morgan fingerprint density at radius 3 is 2.71 bits per heavy atom. The van der Waals surface area contributed by atoms with Crippen molar-refractivity contribution in [2.24, 2.45) is 5.92 Å². The molecule has 0 radical (unpaired) electrons. The van der Waals surface area contributed by atoms with E-state index in [1.807, 2.05) is 25.1 Å². The van der Waals surface area contributed by atoms with E-state index in [2.05, 4.69) is 24.4 Å². The number of carbonyl (C=O) groups is 1. The SMILES string of the molecule is CCCS(=O)(=O)N1CCC[C@@H](C(=O)NC[C@H](C)c2ccccc2)C1. The fourth-order valence-electron chi connectivity index (χ4n) is 3.09. The van der Waals surface area contributed by atoms with E-state index in [0.29, 0.717) is 26.1 Å². The van der Waals surface area contributed by atoms with Crippen LogP contribution in [0.4, 0.5) is 0 Å². The van der Waals surface area contributed by atoms with Crippen molar-refractivity contribution in [3.05, 3.63) is 35.9 Å². The van der Waals surface area contributed by atoms with Gasteiger partial charge in [-0.05, 0) is 30.7 Å². The lowest BCUT2D eigenvalue weighted by atomic mass is 9.97. The smallest absolute Gasteiger partial charge is 0.224 e. The number of hydrogen-bond acceptors (Lipinski definition) is 3. The highest BCUT2D eigenvalue weighted by Crippen LogP contribution is 2.20. The minimum atomic E-state index is -3.22. The minimum absolute atomic E-state index is 0.0332. The summed E-state index contributed by atoms with van der Waals surface area (Å²) in [5, 5.41) is 2.99.